The van der Waals surface area contributed by atoms with Crippen molar-refractivity contribution in [2.45, 2.75) is 20.5 Å². The summed E-state index contributed by atoms with van der Waals surface area (Å²) >= 11 is 6.13. The van der Waals surface area contributed by atoms with Crippen LogP contribution in [0.25, 0.3) is 0 Å². The minimum Gasteiger partial charge on any atom is -0.374 e. The van der Waals surface area contributed by atoms with Crippen LogP contribution in [-0.2, 0) is 11.3 Å². The largest absolute Gasteiger partial charge is 0.374 e. The van der Waals surface area contributed by atoms with E-state index in [2.05, 4.69) is 20.6 Å². The van der Waals surface area contributed by atoms with Gasteiger partial charge in [-0.3, -0.25) is 0 Å². The molecule has 0 saturated carbocycles. The van der Waals surface area contributed by atoms with E-state index in [0.29, 0.717) is 24.9 Å². The molecule has 1 aromatic heterocycles. The number of aromatic nitrogens is 2. The molecular formula is C15H19ClN4O. The summed E-state index contributed by atoms with van der Waals surface area (Å²) in [4.78, 5) is 8.79. The predicted octanol–water partition coefficient (Wildman–Crippen LogP) is 3.76. The molecule has 0 unspecified atom stereocenters. The van der Waals surface area contributed by atoms with Crippen LogP contribution in [0.5, 0.6) is 0 Å². The molecule has 2 rings (SSSR count). The molecule has 0 aliphatic carbocycles. The molecule has 2 aromatic rings. The summed E-state index contributed by atoms with van der Waals surface area (Å²) in [5.74, 6) is 2.06. The molecule has 0 amide bonds. The zero-order valence-corrected chi connectivity index (χ0v) is 13.2. The van der Waals surface area contributed by atoms with Crippen molar-refractivity contribution in [2.75, 3.05) is 24.3 Å². The Morgan fingerprint density at radius 1 is 1.19 bits per heavy atom. The van der Waals surface area contributed by atoms with E-state index < -0.39 is 0 Å². The molecule has 0 atom stereocenters. The number of rotatable bonds is 6. The quantitative estimate of drug-likeness (QED) is 0.851. The van der Waals surface area contributed by atoms with Crippen molar-refractivity contribution in [3.05, 3.63) is 40.7 Å². The second-order valence-electron chi connectivity index (χ2n) is 4.53. The van der Waals surface area contributed by atoms with Gasteiger partial charge in [-0.15, -0.1) is 0 Å². The SMILES string of the molecule is CCOCc1nc(NC)cc(Nc2ccc(C)c(Cl)c2)n1. The fourth-order valence-electron chi connectivity index (χ4n) is 1.77. The number of hydrogen-bond donors (Lipinski definition) is 2. The van der Waals surface area contributed by atoms with E-state index in [1.54, 1.807) is 0 Å². The molecule has 2 N–H and O–H groups in total. The highest BCUT2D eigenvalue weighted by Crippen LogP contribution is 2.23. The van der Waals surface area contributed by atoms with Crippen LogP contribution in [-0.4, -0.2) is 23.6 Å². The lowest BCUT2D eigenvalue weighted by Crippen LogP contribution is -2.05. The Morgan fingerprint density at radius 3 is 2.62 bits per heavy atom. The van der Waals surface area contributed by atoms with Gasteiger partial charge in [-0.1, -0.05) is 17.7 Å². The van der Waals surface area contributed by atoms with Gasteiger partial charge in [0.2, 0.25) is 0 Å². The number of nitrogens with zero attached hydrogens (tertiary/aromatic N) is 2. The van der Waals surface area contributed by atoms with Crippen molar-refractivity contribution in [3.63, 3.8) is 0 Å². The lowest BCUT2D eigenvalue weighted by atomic mass is 10.2. The van der Waals surface area contributed by atoms with Crippen LogP contribution >= 0.6 is 11.6 Å². The number of anilines is 3. The lowest BCUT2D eigenvalue weighted by molar-refractivity contribution is 0.128. The molecule has 6 heteroatoms. The van der Waals surface area contributed by atoms with Crippen LogP contribution < -0.4 is 10.6 Å². The number of ether oxygens (including phenoxy) is 1. The normalized spacial score (nSPS) is 10.5. The fraction of sp³-hybridized carbons (Fsp3) is 0.333. The van der Waals surface area contributed by atoms with E-state index in [4.69, 9.17) is 16.3 Å². The van der Waals surface area contributed by atoms with Gasteiger partial charge in [0, 0.05) is 30.4 Å². The maximum Gasteiger partial charge on any atom is 0.158 e. The Bertz CT molecular complexity index is 619. The van der Waals surface area contributed by atoms with Gasteiger partial charge in [0.25, 0.3) is 0 Å². The number of hydrogen-bond acceptors (Lipinski definition) is 5. The fourth-order valence-corrected chi connectivity index (χ4v) is 1.95. The highest BCUT2D eigenvalue weighted by atomic mass is 35.5. The van der Waals surface area contributed by atoms with Gasteiger partial charge in [-0.25, -0.2) is 9.97 Å². The van der Waals surface area contributed by atoms with Crippen molar-refractivity contribution in [1.82, 2.24) is 9.97 Å². The second-order valence-corrected chi connectivity index (χ2v) is 4.94. The van der Waals surface area contributed by atoms with E-state index in [-0.39, 0.29) is 0 Å². The summed E-state index contributed by atoms with van der Waals surface area (Å²) in [6.45, 7) is 4.92. The molecule has 1 heterocycles. The summed E-state index contributed by atoms with van der Waals surface area (Å²) in [5.41, 5.74) is 1.92. The molecule has 5 nitrogen and oxygen atoms in total. The molecule has 0 radical (unpaired) electrons. The second kappa shape index (κ2) is 7.24. The van der Waals surface area contributed by atoms with Crippen LogP contribution in [0.4, 0.5) is 17.3 Å². The molecule has 0 bridgehead atoms. The van der Waals surface area contributed by atoms with Gasteiger partial charge >= 0.3 is 0 Å². The van der Waals surface area contributed by atoms with Gasteiger partial charge in [0.15, 0.2) is 5.82 Å². The first kappa shape index (κ1) is 15.5. The predicted molar refractivity (Wildman–Crippen MR) is 86.4 cm³/mol. The van der Waals surface area contributed by atoms with Crippen LogP contribution in [0.2, 0.25) is 5.02 Å². The monoisotopic (exact) mass is 306 g/mol. The third-order valence-corrected chi connectivity index (χ3v) is 3.32. The number of aryl methyl sites for hydroxylation is 1. The summed E-state index contributed by atoms with van der Waals surface area (Å²) in [5, 5.41) is 6.97. The lowest BCUT2D eigenvalue weighted by Gasteiger charge is -2.10. The van der Waals surface area contributed by atoms with E-state index >= 15 is 0 Å². The minimum atomic E-state index is 0.384. The van der Waals surface area contributed by atoms with Crippen LogP contribution in [0.3, 0.4) is 0 Å². The van der Waals surface area contributed by atoms with Gasteiger partial charge in [-0.2, -0.15) is 0 Å². The number of benzene rings is 1. The molecule has 0 aliphatic rings. The van der Waals surface area contributed by atoms with Gasteiger partial charge in [-0.05, 0) is 31.5 Å². The van der Waals surface area contributed by atoms with Gasteiger partial charge in [0.1, 0.15) is 18.2 Å². The Hall–Kier alpha value is -1.85. The highest BCUT2D eigenvalue weighted by molar-refractivity contribution is 6.31. The third kappa shape index (κ3) is 4.31. The Kier molecular flexibility index (Phi) is 5.36. The zero-order chi connectivity index (χ0) is 15.2. The molecule has 1 aromatic carbocycles. The Labute approximate surface area is 129 Å². The third-order valence-electron chi connectivity index (χ3n) is 2.91. The summed E-state index contributed by atoms with van der Waals surface area (Å²) < 4.78 is 5.36. The molecule has 21 heavy (non-hydrogen) atoms. The molecule has 112 valence electrons. The van der Waals surface area contributed by atoms with E-state index in [0.717, 1.165) is 22.1 Å². The minimum absolute atomic E-state index is 0.384. The zero-order valence-electron chi connectivity index (χ0n) is 12.4. The molecule has 0 aliphatic heterocycles. The molecule has 0 spiro atoms. The topological polar surface area (TPSA) is 59.1 Å². The first-order valence-corrected chi connectivity index (χ1v) is 7.16. The summed E-state index contributed by atoms with van der Waals surface area (Å²) in [6, 6.07) is 7.64. The van der Waals surface area contributed by atoms with Crippen LogP contribution in [0.15, 0.2) is 24.3 Å². The molecule has 0 saturated heterocycles. The van der Waals surface area contributed by atoms with E-state index in [9.17, 15) is 0 Å². The standard InChI is InChI=1S/C15H19ClN4O/c1-4-21-9-15-19-13(17-3)8-14(20-15)18-11-6-5-10(2)12(16)7-11/h5-8H,4,9H2,1-3H3,(H2,17,18,19,20). The van der Waals surface area contributed by atoms with Crippen molar-refractivity contribution < 1.29 is 4.74 Å². The number of halogens is 1. The Morgan fingerprint density at radius 2 is 1.95 bits per heavy atom. The molecule has 0 fully saturated rings. The van der Waals surface area contributed by atoms with E-state index in [1.165, 1.54) is 0 Å². The number of nitrogens with one attached hydrogen (secondary N) is 2. The maximum atomic E-state index is 6.13. The Balaban J connectivity index is 2.23. The average molecular weight is 307 g/mol. The first-order chi connectivity index (χ1) is 10.1. The highest BCUT2D eigenvalue weighted by Gasteiger charge is 2.05. The van der Waals surface area contributed by atoms with Gasteiger partial charge < -0.3 is 15.4 Å². The first-order valence-electron chi connectivity index (χ1n) is 6.79. The smallest absolute Gasteiger partial charge is 0.158 e. The van der Waals surface area contributed by atoms with Crippen molar-refractivity contribution in [3.8, 4) is 0 Å². The van der Waals surface area contributed by atoms with E-state index in [1.807, 2.05) is 45.2 Å². The van der Waals surface area contributed by atoms with Crippen molar-refractivity contribution in [2.24, 2.45) is 0 Å². The average Bonchev–Trinajstić information content (AvgIpc) is 2.48. The van der Waals surface area contributed by atoms with Gasteiger partial charge in [0.05, 0.1) is 0 Å². The van der Waals surface area contributed by atoms with Crippen molar-refractivity contribution >= 4 is 28.9 Å². The maximum absolute atomic E-state index is 6.13. The van der Waals surface area contributed by atoms with Crippen molar-refractivity contribution in [1.29, 1.82) is 0 Å². The molecular weight excluding hydrogens is 288 g/mol. The van der Waals surface area contributed by atoms with Crippen LogP contribution in [0.1, 0.15) is 18.3 Å². The summed E-state index contributed by atoms with van der Waals surface area (Å²) in [6.07, 6.45) is 0. The van der Waals surface area contributed by atoms with Crippen LogP contribution in [0, 0.1) is 6.92 Å². The summed E-state index contributed by atoms with van der Waals surface area (Å²) in [7, 11) is 1.82.